The molecule has 7 nitrogen and oxygen atoms in total. The number of nitrogens with one attached hydrogen (secondary N) is 1. The maximum absolute atomic E-state index is 13.4. The number of benzene rings is 2. The number of piperazine rings is 1. The molecule has 4 rings (SSSR count). The molecule has 2 saturated heterocycles. The van der Waals surface area contributed by atoms with Crippen LogP contribution in [0.15, 0.2) is 48.5 Å². The Balaban J connectivity index is 1.17. The molecule has 2 fully saturated rings. The first kappa shape index (κ1) is 24.2. The molecule has 2 aliphatic heterocycles. The Morgan fingerprint density at radius 1 is 1.15 bits per heavy atom. The Labute approximate surface area is 200 Å². The maximum Gasteiger partial charge on any atom is 0.254 e. The van der Waals surface area contributed by atoms with Gasteiger partial charge in [0.1, 0.15) is 18.2 Å². The average Bonchev–Trinajstić information content (AvgIpc) is 3.23. The van der Waals surface area contributed by atoms with Gasteiger partial charge in [-0.2, -0.15) is 0 Å². The molecule has 0 aromatic heterocycles. The van der Waals surface area contributed by atoms with Gasteiger partial charge in [-0.3, -0.25) is 14.5 Å². The third kappa shape index (κ3) is 6.77. The molecule has 2 aromatic carbocycles. The minimum absolute atomic E-state index is 0.118. The van der Waals surface area contributed by atoms with Crippen molar-refractivity contribution in [1.82, 2.24) is 20.0 Å². The number of rotatable bonds is 9. The first-order valence-corrected chi connectivity index (χ1v) is 11.9. The fourth-order valence-electron chi connectivity index (χ4n) is 4.57. The third-order valence-electron chi connectivity index (χ3n) is 6.38. The Morgan fingerprint density at radius 3 is 2.68 bits per heavy atom. The largest absolute Gasteiger partial charge is 0.492 e. The summed E-state index contributed by atoms with van der Waals surface area (Å²) in [6.07, 6.45) is 1.53. The zero-order valence-electron chi connectivity index (χ0n) is 19.7. The molecule has 1 N–H and O–H groups in total. The summed E-state index contributed by atoms with van der Waals surface area (Å²) in [6.45, 7) is 5.78. The summed E-state index contributed by atoms with van der Waals surface area (Å²) in [7, 11) is 2.07. The Morgan fingerprint density at radius 2 is 1.94 bits per heavy atom. The van der Waals surface area contributed by atoms with Gasteiger partial charge in [0.05, 0.1) is 0 Å². The van der Waals surface area contributed by atoms with Crippen molar-refractivity contribution in [2.75, 3.05) is 52.9 Å². The van der Waals surface area contributed by atoms with Gasteiger partial charge in [-0.15, -0.1) is 0 Å². The maximum atomic E-state index is 13.4. The molecule has 182 valence electrons. The Kier molecular flexibility index (Phi) is 8.13. The van der Waals surface area contributed by atoms with E-state index >= 15 is 0 Å². The number of amides is 2. The second-order valence-corrected chi connectivity index (χ2v) is 9.14. The van der Waals surface area contributed by atoms with Crippen LogP contribution in [-0.2, 0) is 11.3 Å². The van der Waals surface area contributed by atoms with Gasteiger partial charge in [-0.05, 0) is 49.4 Å². The van der Waals surface area contributed by atoms with Crippen LogP contribution in [0, 0.1) is 5.82 Å². The first-order valence-electron chi connectivity index (χ1n) is 11.9. The molecule has 0 aliphatic carbocycles. The normalized spacial score (nSPS) is 18.9. The van der Waals surface area contributed by atoms with Crippen molar-refractivity contribution in [3.05, 3.63) is 65.5 Å². The van der Waals surface area contributed by atoms with Crippen molar-refractivity contribution >= 4 is 11.8 Å². The van der Waals surface area contributed by atoms with E-state index in [9.17, 15) is 14.0 Å². The second kappa shape index (κ2) is 11.4. The summed E-state index contributed by atoms with van der Waals surface area (Å²) in [5, 5.41) is 3.01. The second-order valence-electron chi connectivity index (χ2n) is 9.14. The van der Waals surface area contributed by atoms with E-state index < -0.39 is 0 Å². The third-order valence-corrected chi connectivity index (χ3v) is 6.38. The van der Waals surface area contributed by atoms with Crippen LogP contribution in [0.2, 0.25) is 0 Å². The molecule has 2 aromatic rings. The number of hydrogen-bond donors (Lipinski definition) is 1. The molecule has 1 atom stereocenters. The highest BCUT2D eigenvalue weighted by Crippen LogP contribution is 2.16. The molecular formula is C26H33FN4O3. The van der Waals surface area contributed by atoms with Crippen molar-refractivity contribution in [3.63, 3.8) is 0 Å². The van der Waals surface area contributed by atoms with Crippen LogP contribution in [0.1, 0.15) is 28.8 Å². The fraction of sp³-hybridized carbons (Fsp3) is 0.462. The molecule has 34 heavy (non-hydrogen) atoms. The van der Waals surface area contributed by atoms with Gasteiger partial charge in [0, 0.05) is 63.8 Å². The van der Waals surface area contributed by atoms with E-state index in [-0.39, 0.29) is 23.7 Å². The van der Waals surface area contributed by atoms with E-state index in [2.05, 4.69) is 34.3 Å². The number of carbonyl (C=O) groups is 2. The predicted molar refractivity (Wildman–Crippen MR) is 128 cm³/mol. The summed E-state index contributed by atoms with van der Waals surface area (Å²) in [5.41, 5.74) is 1.57. The summed E-state index contributed by atoms with van der Waals surface area (Å²) >= 11 is 0. The van der Waals surface area contributed by atoms with Crippen LogP contribution in [0.5, 0.6) is 5.75 Å². The van der Waals surface area contributed by atoms with Crippen molar-refractivity contribution in [1.29, 1.82) is 0 Å². The van der Waals surface area contributed by atoms with Crippen LogP contribution >= 0.6 is 0 Å². The fourth-order valence-corrected chi connectivity index (χ4v) is 4.57. The van der Waals surface area contributed by atoms with Crippen molar-refractivity contribution < 1.29 is 18.7 Å². The highest BCUT2D eigenvalue weighted by Gasteiger charge is 2.23. The molecule has 2 heterocycles. The monoisotopic (exact) mass is 468 g/mol. The van der Waals surface area contributed by atoms with Crippen LogP contribution in [0.25, 0.3) is 0 Å². The number of nitrogens with zero attached hydrogens (tertiary/aromatic N) is 3. The Bertz CT molecular complexity index is 994. The highest BCUT2D eigenvalue weighted by molar-refractivity contribution is 5.94. The van der Waals surface area contributed by atoms with E-state index in [0.717, 1.165) is 44.9 Å². The summed E-state index contributed by atoms with van der Waals surface area (Å²) in [4.78, 5) is 30.2. The molecule has 0 spiro atoms. The minimum Gasteiger partial charge on any atom is -0.492 e. The lowest BCUT2D eigenvalue weighted by Gasteiger charge is -2.34. The van der Waals surface area contributed by atoms with Gasteiger partial charge < -0.3 is 19.9 Å². The lowest BCUT2D eigenvalue weighted by atomic mass is 10.1. The summed E-state index contributed by atoms with van der Waals surface area (Å²) < 4.78 is 19.4. The van der Waals surface area contributed by atoms with Crippen LogP contribution in [-0.4, -0.2) is 85.5 Å². The number of ether oxygens (including phenoxy) is 1. The van der Waals surface area contributed by atoms with Crippen LogP contribution < -0.4 is 10.1 Å². The first-order chi connectivity index (χ1) is 16.5. The molecule has 8 heteroatoms. The average molecular weight is 469 g/mol. The SMILES string of the molecule is CN(Cc1cccc(OCCN2CCN(C(=O)c3cccc(F)c3)CC2)c1)C[C@H]1CCC(=O)N1. The standard InChI is InChI=1S/C26H33FN4O3/c1-29(19-23-8-9-25(32)28-23)18-20-4-2-7-24(16-20)34-15-14-30-10-12-31(13-11-30)26(33)21-5-3-6-22(27)17-21/h2-7,16-17,23H,8-15,18-19H2,1H3,(H,28,32)/t23-/m1/s1. The van der Waals surface area contributed by atoms with Crippen molar-refractivity contribution in [3.8, 4) is 5.75 Å². The summed E-state index contributed by atoms with van der Waals surface area (Å²) in [6, 6.07) is 14.2. The predicted octanol–water partition coefficient (Wildman–Crippen LogP) is 2.37. The lowest BCUT2D eigenvalue weighted by molar-refractivity contribution is -0.119. The van der Waals surface area contributed by atoms with E-state index in [1.54, 1.807) is 17.0 Å². The quantitative estimate of drug-likeness (QED) is 0.612. The van der Waals surface area contributed by atoms with E-state index in [4.69, 9.17) is 4.74 Å². The Hall–Kier alpha value is -2.97. The van der Waals surface area contributed by atoms with Crippen molar-refractivity contribution in [2.24, 2.45) is 0 Å². The van der Waals surface area contributed by atoms with Gasteiger partial charge >= 0.3 is 0 Å². The molecule has 0 saturated carbocycles. The molecule has 0 radical (unpaired) electrons. The topological polar surface area (TPSA) is 65.1 Å². The number of hydrogen-bond acceptors (Lipinski definition) is 5. The zero-order valence-corrected chi connectivity index (χ0v) is 19.7. The molecule has 0 bridgehead atoms. The van der Waals surface area contributed by atoms with Gasteiger partial charge in [0.15, 0.2) is 0 Å². The van der Waals surface area contributed by atoms with Gasteiger partial charge in [-0.1, -0.05) is 18.2 Å². The summed E-state index contributed by atoms with van der Waals surface area (Å²) in [5.74, 6) is 0.487. The van der Waals surface area contributed by atoms with Crippen molar-refractivity contribution in [2.45, 2.75) is 25.4 Å². The van der Waals surface area contributed by atoms with E-state index in [0.29, 0.717) is 31.7 Å². The highest BCUT2D eigenvalue weighted by atomic mass is 19.1. The molecule has 2 aliphatic rings. The molecular weight excluding hydrogens is 435 g/mol. The van der Waals surface area contributed by atoms with E-state index in [1.165, 1.54) is 17.7 Å². The smallest absolute Gasteiger partial charge is 0.254 e. The van der Waals surface area contributed by atoms with Crippen LogP contribution in [0.3, 0.4) is 0 Å². The number of halogens is 1. The van der Waals surface area contributed by atoms with Gasteiger partial charge in [0.25, 0.3) is 5.91 Å². The number of carbonyl (C=O) groups excluding carboxylic acids is 2. The molecule has 2 amide bonds. The molecule has 0 unspecified atom stereocenters. The number of likely N-dealkylation sites (N-methyl/N-ethyl adjacent to an activating group) is 1. The van der Waals surface area contributed by atoms with Crippen LogP contribution in [0.4, 0.5) is 4.39 Å². The van der Waals surface area contributed by atoms with Gasteiger partial charge in [0.2, 0.25) is 5.91 Å². The van der Waals surface area contributed by atoms with Gasteiger partial charge in [-0.25, -0.2) is 4.39 Å². The minimum atomic E-state index is -0.389. The lowest BCUT2D eigenvalue weighted by Crippen LogP contribution is -2.49. The van der Waals surface area contributed by atoms with E-state index in [1.807, 2.05) is 12.1 Å². The zero-order chi connectivity index (χ0) is 23.9.